The predicted octanol–water partition coefficient (Wildman–Crippen LogP) is 2.79. The van der Waals surface area contributed by atoms with E-state index in [9.17, 15) is 13.6 Å². The van der Waals surface area contributed by atoms with E-state index >= 15 is 0 Å². The summed E-state index contributed by atoms with van der Waals surface area (Å²) >= 11 is 0. The number of halogens is 2. The number of ketones is 1. The fourth-order valence-corrected chi connectivity index (χ4v) is 2.84. The second-order valence-corrected chi connectivity index (χ2v) is 4.63. The summed E-state index contributed by atoms with van der Waals surface area (Å²) in [5.74, 6) is -2.08. The first-order valence-corrected chi connectivity index (χ1v) is 4.87. The summed E-state index contributed by atoms with van der Waals surface area (Å²) in [5, 5.41) is 0. The highest BCUT2D eigenvalue weighted by atomic mass is 19.3. The van der Waals surface area contributed by atoms with Crippen LogP contribution in [0.1, 0.15) is 39.0 Å². The van der Waals surface area contributed by atoms with Gasteiger partial charge in [0, 0.05) is 25.2 Å². The van der Waals surface area contributed by atoms with Gasteiger partial charge < -0.3 is 0 Å². The molecule has 2 rings (SSSR count). The Morgan fingerprint density at radius 1 is 1.38 bits per heavy atom. The average Bonchev–Trinajstić information content (AvgIpc) is 1.93. The van der Waals surface area contributed by atoms with E-state index in [2.05, 4.69) is 0 Å². The largest absolute Gasteiger partial charge is 0.299 e. The van der Waals surface area contributed by atoms with Gasteiger partial charge in [-0.05, 0) is 18.3 Å². The smallest absolute Gasteiger partial charge is 0.249 e. The van der Waals surface area contributed by atoms with Crippen LogP contribution in [0, 0.1) is 11.3 Å². The van der Waals surface area contributed by atoms with Crippen LogP contribution in [0.25, 0.3) is 0 Å². The summed E-state index contributed by atoms with van der Waals surface area (Å²) in [6, 6.07) is 0. The lowest BCUT2D eigenvalue weighted by molar-refractivity contribution is -0.207. The zero-order chi connectivity index (χ0) is 9.69. The number of alkyl halides is 2. The van der Waals surface area contributed by atoms with E-state index in [0.29, 0.717) is 6.42 Å². The molecule has 0 N–H and O–H groups in total. The molecule has 0 unspecified atom stereocenters. The van der Waals surface area contributed by atoms with Crippen molar-refractivity contribution in [1.29, 1.82) is 0 Å². The van der Waals surface area contributed by atoms with Gasteiger partial charge in [-0.1, -0.05) is 6.92 Å². The molecule has 1 spiro atoms. The molecule has 2 saturated carbocycles. The van der Waals surface area contributed by atoms with Crippen LogP contribution in [0.15, 0.2) is 0 Å². The second-order valence-electron chi connectivity index (χ2n) is 4.63. The third kappa shape index (κ3) is 1.38. The first-order valence-electron chi connectivity index (χ1n) is 4.87. The van der Waals surface area contributed by atoms with Gasteiger partial charge in [0.2, 0.25) is 5.92 Å². The quantitative estimate of drug-likeness (QED) is 0.651. The van der Waals surface area contributed by atoms with Crippen molar-refractivity contribution in [3.8, 4) is 0 Å². The summed E-state index contributed by atoms with van der Waals surface area (Å²) in [6.07, 6.45) is 2.03. The molecule has 2 fully saturated rings. The molecule has 2 aliphatic carbocycles. The van der Waals surface area contributed by atoms with Gasteiger partial charge in [0.05, 0.1) is 0 Å². The van der Waals surface area contributed by atoms with Gasteiger partial charge in [-0.3, -0.25) is 4.79 Å². The highest BCUT2D eigenvalue weighted by Crippen LogP contribution is 2.64. The molecule has 0 bridgehead atoms. The van der Waals surface area contributed by atoms with Crippen LogP contribution in [0.2, 0.25) is 0 Å². The highest BCUT2D eigenvalue weighted by Gasteiger charge is 2.62. The van der Waals surface area contributed by atoms with E-state index in [1.807, 2.05) is 6.92 Å². The van der Waals surface area contributed by atoms with Crippen molar-refractivity contribution in [2.75, 3.05) is 0 Å². The Labute approximate surface area is 76.5 Å². The lowest BCUT2D eigenvalue weighted by Crippen LogP contribution is -2.55. The molecule has 74 valence electrons. The zero-order valence-electron chi connectivity index (χ0n) is 7.78. The van der Waals surface area contributed by atoms with Gasteiger partial charge in [0.1, 0.15) is 5.78 Å². The van der Waals surface area contributed by atoms with Gasteiger partial charge in [0.15, 0.2) is 0 Å². The minimum absolute atomic E-state index is 0.0213. The van der Waals surface area contributed by atoms with Crippen LogP contribution in [0.3, 0.4) is 0 Å². The predicted molar refractivity (Wildman–Crippen MR) is 44.6 cm³/mol. The number of Topliss-reactive ketones (excluding diaryl/α,β-unsaturated/α-hetero) is 1. The van der Waals surface area contributed by atoms with Crippen LogP contribution in [0.4, 0.5) is 8.78 Å². The summed E-state index contributed by atoms with van der Waals surface area (Å²) < 4.78 is 25.2. The van der Waals surface area contributed by atoms with Gasteiger partial charge in [-0.25, -0.2) is 8.78 Å². The Morgan fingerprint density at radius 2 is 1.92 bits per heavy atom. The molecule has 0 aromatic rings. The number of hydrogen-bond acceptors (Lipinski definition) is 1. The Hall–Kier alpha value is -0.470. The molecule has 0 radical (unpaired) electrons. The van der Waals surface area contributed by atoms with E-state index < -0.39 is 5.92 Å². The monoisotopic (exact) mass is 188 g/mol. The Morgan fingerprint density at radius 3 is 2.31 bits per heavy atom. The fraction of sp³-hybridized carbons (Fsp3) is 0.900. The lowest BCUT2D eigenvalue weighted by atomic mass is 9.49. The van der Waals surface area contributed by atoms with Gasteiger partial charge in [0.25, 0.3) is 0 Å². The van der Waals surface area contributed by atoms with E-state index in [0.717, 1.165) is 12.8 Å². The molecule has 13 heavy (non-hydrogen) atoms. The topological polar surface area (TPSA) is 17.1 Å². The Kier molecular flexibility index (Phi) is 1.76. The van der Waals surface area contributed by atoms with Crippen molar-refractivity contribution in [1.82, 2.24) is 0 Å². The average molecular weight is 188 g/mol. The molecular weight excluding hydrogens is 174 g/mol. The summed E-state index contributed by atoms with van der Waals surface area (Å²) in [7, 11) is 0. The maximum absolute atomic E-state index is 12.6. The van der Waals surface area contributed by atoms with E-state index in [1.54, 1.807) is 0 Å². The first-order chi connectivity index (χ1) is 5.96. The number of hydrogen-bond donors (Lipinski definition) is 0. The molecule has 0 saturated heterocycles. The molecule has 3 heteroatoms. The third-order valence-electron chi connectivity index (χ3n) is 3.43. The van der Waals surface area contributed by atoms with Crippen LogP contribution in [-0.4, -0.2) is 11.7 Å². The van der Waals surface area contributed by atoms with E-state index in [4.69, 9.17) is 0 Å². The molecule has 0 aromatic carbocycles. The maximum Gasteiger partial charge on any atom is 0.249 e. The standard InChI is InChI=1S/C10H14F2O/c1-2-8(13)7-3-9(4-7)5-10(11,12)6-9/h7H,2-6H2,1H3. The van der Waals surface area contributed by atoms with E-state index in [-0.39, 0.29) is 30.0 Å². The van der Waals surface area contributed by atoms with Crippen molar-refractivity contribution < 1.29 is 13.6 Å². The highest BCUT2D eigenvalue weighted by molar-refractivity contribution is 5.81. The summed E-state index contributed by atoms with van der Waals surface area (Å²) in [6.45, 7) is 1.84. The Bertz CT molecular complexity index is 231. The number of rotatable bonds is 2. The third-order valence-corrected chi connectivity index (χ3v) is 3.43. The minimum atomic E-state index is -2.43. The Balaban J connectivity index is 1.83. The number of carbonyl (C=O) groups excluding carboxylic acids is 1. The summed E-state index contributed by atoms with van der Waals surface area (Å²) in [5.41, 5.74) is -0.140. The molecule has 0 aliphatic heterocycles. The van der Waals surface area contributed by atoms with Crippen LogP contribution in [-0.2, 0) is 4.79 Å². The van der Waals surface area contributed by atoms with Crippen molar-refractivity contribution in [3.63, 3.8) is 0 Å². The minimum Gasteiger partial charge on any atom is -0.299 e. The fourth-order valence-electron chi connectivity index (χ4n) is 2.84. The molecule has 2 aliphatic rings. The molecule has 0 heterocycles. The normalized spacial score (nSPS) is 29.5. The lowest BCUT2D eigenvalue weighted by Gasteiger charge is -2.56. The SMILES string of the molecule is CCC(=O)C1CC2(C1)CC(F)(F)C2. The van der Waals surface area contributed by atoms with Crippen molar-refractivity contribution in [3.05, 3.63) is 0 Å². The summed E-state index contributed by atoms with van der Waals surface area (Å²) in [4.78, 5) is 11.2. The van der Waals surface area contributed by atoms with Gasteiger partial charge in [-0.15, -0.1) is 0 Å². The van der Waals surface area contributed by atoms with E-state index in [1.165, 1.54) is 0 Å². The molecule has 0 aromatic heterocycles. The maximum atomic E-state index is 12.6. The van der Waals surface area contributed by atoms with Crippen LogP contribution in [0.5, 0.6) is 0 Å². The van der Waals surface area contributed by atoms with Crippen molar-refractivity contribution >= 4 is 5.78 Å². The zero-order valence-corrected chi connectivity index (χ0v) is 7.78. The van der Waals surface area contributed by atoms with Crippen molar-refractivity contribution in [2.45, 2.75) is 45.0 Å². The molecule has 0 atom stereocenters. The van der Waals surface area contributed by atoms with Gasteiger partial charge >= 0.3 is 0 Å². The van der Waals surface area contributed by atoms with Crippen LogP contribution >= 0.6 is 0 Å². The van der Waals surface area contributed by atoms with Gasteiger partial charge in [-0.2, -0.15) is 0 Å². The molecular formula is C10H14F2O. The number of carbonyl (C=O) groups is 1. The molecule has 1 nitrogen and oxygen atoms in total. The van der Waals surface area contributed by atoms with Crippen molar-refractivity contribution in [2.24, 2.45) is 11.3 Å². The van der Waals surface area contributed by atoms with Crippen LogP contribution < -0.4 is 0 Å². The second kappa shape index (κ2) is 2.52. The first kappa shape index (κ1) is 9.10. The molecule has 0 amide bonds.